The van der Waals surface area contributed by atoms with Crippen LogP contribution in [0.2, 0.25) is 0 Å². The third-order valence-corrected chi connectivity index (χ3v) is 9.17. The van der Waals surface area contributed by atoms with E-state index in [2.05, 4.69) is 5.32 Å². The van der Waals surface area contributed by atoms with Gasteiger partial charge < -0.3 is 24.6 Å². The molecule has 15 heteroatoms. The fourth-order valence-electron chi connectivity index (χ4n) is 6.60. The minimum Gasteiger partial charge on any atom is -0.380 e. The SMILES string of the molecule is COC1CCCN(c2ccc3c(c2)C(F)(F)C[C@]32NC(=O)N(CC(=O)N(Cc3ccc(F)cc3)C3(C(F)(F)F)COC3)C2=O)C1. The van der Waals surface area contributed by atoms with Crippen LogP contribution in [-0.4, -0.2) is 85.4 Å². The van der Waals surface area contributed by atoms with Crippen LogP contribution in [0, 0.1) is 5.82 Å². The fourth-order valence-corrected chi connectivity index (χ4v) is 6.60. The van der Waals surface area contributed by atoms with Crippen LogP contribution in [0.3, 0.4) is 0 Å². The average Bonchev–Trinajstić information content (AvgIpc) is 3.34. The molecule has 4 aliphatic rings. The summed E-state index contributed by atoms with van der Waals surface area (Å²) in [6.07, 6.45) is -4.54. The van der Waals surface area contributed by atoms with E-state index in [-0.39, 0.29) is 17.2 Å². The number of carbonyl (C=O) groups excluding carboxylic acids is 3. The van der Waals surface area contributed by atoms with Crippen molar-refractivity contribution in [3.63, 3.8) is 0 Å². The lowest BCUT2D eigenvalue weighted by Gasteiger charge is -2.50. The van der Waals surface area contributed by atoms with E-state index in [1.807, 2.05) is 4.90 Å². The number of amides is 4. The van der Waals surface area contributed by atoms with E-state index in [0.29, 0.717) is 28.6 Å². The van der Waals surface area contributed by atoms with Crippen molar-refractivity contribution in [1.29, 1.82) is 0 Å². The summed E-state index contributed by atoms with van der Waals surface area (Å²) in [6, 6.07) is 7.44. The number of anilines is 1. The van der Waals surface area contributed by atoms with Crippen molar-refractivity contribution in [1.82, 2.24) is 15.1 Å². The van der Waals surface area contributed by atoms with Crippen molar-refractivity contribution in [2.24, 2.45) is 0 Å². The number of hydrogen-bond donors (Lipinski definition) is 1. The zero-order valence-corrected chi connectivity index (χ0v) is 24.1. The van der Waals surface area contributed by atoms with Crippen LogP contribution < -0.4 is 10.2 Å². The number of urea groups is 1. The topological polar surface area (TPSA) is 91.4 Å². The van der Waals surface area contributed by atoms with E-state index < -0.39 is 85.1 Å². The minimum atomic E-state index is -4.96. The highest BCUT2D eigenvalue weighted by molar-refractivity contribution is 6.10. The molecule has 0 aromatic heterocycles. The second-order valence-corrected chi connectivity index (χ2v) is 11.9. The van der Waals surface area contributed by atoms with Gasteiger partial charge in [0.05, 0.1) is 25.7 Å². The molecule has 4 amide bonds. The smallest absolute Gasteiger partial charge is 0.380 e. The van der Waals surface area contributed by atoms with Gasteiger partial charge in [-0.25, -0.2) is 18.0 Å². The number of nitrogens with zero attached hydrogens (tertiary/aromatic N) is 3. The standard InChI is InChI=1S/C30H30F6N4O5/c1-44-21-3-2-10-38(13-21)20-8-9-22-23(11-20)29(32,33)15-28(22)25(42)39(26(43)37-28)14-24(41)40(12-18-4-6-19(31)7-5-18)27(16-45-17-27)30(34,35)36/h4-9,11,21H,2-3,10,12-17H2,1H3,(H,37,43)/t21?,28-/m0/s1. The Labute approximate surface area is 254 Å². The summed E-state index contributed by atoms with van der Waals surface area (Å²) >= 11 is 0. The number of nitrogens with one attached hydrogen (secondary N) is 1. The van der Waals surface area contributed by atoms with Crippen molar-refractivity contribution in [3.05, 3.63) is 65.0 Å². The molecule has 3 heterocycles. The van der Waals surface area contributed by atoms with E-state index >= 15 is 8.78 Å². The molecule has 3 saturated heterocycles. The maximum Gasteiger partial charge on any atom is 0.416 e. The first-order chi connectivity index (χ1) is 21.2. The van der Waals surface area contributed by atoms with Gasteiger partial charge in [0.2, 0.25) is 5.91 Å². The molecule has 2 aromatic carbocycles. The Balaban J connectivity index is 1.28. The summed E-state index contributed by atoms with van der Waals surface area (Å²) in [4.78, 5) is 43.1. The van der Waals surface area contributed by atoms with E-state index in [4.69, 9.17) is 9.47 Å². The number of fused-ring (bicyclic) bond motifs is 2. The zero-order valence-electron chi connectivity index (χ0n) is 24.1. The van der Waals surface area contributed by atoms with E-state index in [0.717, 1.165) is 25.0 Å². The van der Waals surface area contributed by atoms with Crippen molar-refractivity contribution in [3.8, 4) is 0 Å². The highest BCUT2D eigenvalue weighted by atomic mass is 19.4. The monoisotopic (exact) mass is 640 g/mol. The highest BCUT2D eigenvalue weighted by Gasteiger charge is 2.67. The summed E-state index contributed by atoms with van der Waals surface area (Å²) < 4.78 is 97.8. The van der Waals surface area contributed by atoms with Crippen LogP contribution in [-0.2, 0) is 37.1 Å². The minimum absolute atomic E-state index is 0.0775. The Morgan fingerprint density at radius 2 is 1.82 bits per heavy atom. The third kappa shape index (κ3) is 5.09. The molecule has 0 bridgehead atoms. The first kappa shape index (κ1) is 31.1. The highest BCUT2D eigenvalue weighted by Crippen LogP contribution is 2.54. The molecule has 0 radical (unpaired) electrons. The lowest BCUT2D eigenvalue weighted by molar-refractivity contribution is -0.302. The zero-order chi connectivity index (χ0) is 32.4. The molecule has 1 N–H and O–H groups in total. The van der Waals surface area contributed by atoms with E-state index in [1.165, 1.54) is 24.3 Å². The van der Waals surface area contributed by atoms with Gasteiger partial charge >= 0.3 is 12.2 Å². The number of benzene rings is 2. The fraction of sp³-hybridized carbons (Fsp3) is 0.500. The molecule has 9 nitrogen and oxygen atoms in total. The van der Waals surface area contributed by atoms with Gasteiger partial charge in [-0.1, -0.05) is 18.2 Å². The van der Waals surface area contributed by atoms with Gasteiger partial charge in [-0.15, -0.1) is 0 Å². The summed E-state index contributed by atoms with van der Waals surface area (Å²) in [5, 5.41) is 2.32. The molecule has 45 heavy (non-hydrogen) atoms. The molecule has 1 aliphatic carbocycles. The van der Waals surface area contributed by atoms with Crippen LogP contribution in [0.15, 0.2) is 42.5 Å². The number of imide groups is 1. The van der Waals surface area contributed by atoms with Crippen LogP contribution in [0.1, 0.15) is 36.0 Å². The lowest BCUT2D eigenvalue weighted by Crippen LogP contribution is -2.72. The van der Waals surface area contributed by atoms with Crippen molar-refractivity contribution >= 4 is 23.5 Å². The van der Waals surface area contributed by atoms with Crippen LogP contribution >= 0.6 is 0 Å². The van der Waals surface area contributed by atoms with Gasteiger partial charge in [0.1, 0.15) is 12.4 Å². The van der Waals surface area contributed by atoms with Gasteiger partial charge in [0.15, 0.2) is 11.1 Å². The molecule has 0 saturated carbocycles. The molecule has 2 atom stereocenters. The molecule has 6 rings (SSSR count). The van der Waals surface area contributed by atoms with Gasteiger partial charge in [0.25, 0.3) is 11.8 Å². The normalized spacial score (nSPS) is 25.3. The molecule has 2 aromatic rings. The molecular weight excluding hydrogens is 610 g/mol. The number of carbonyl (C=O) groups is 3. The Hall–Kier alpha value is -3.85. The third-order valence-electron chi connectivity index (χ3n) is 9.17. The number of ether oxygens (including phenoxy) is 2. The first-order valence-electron chi connectivity index (χ1n) is 14.3. The second-order valence-electron chi connectivity index (χ2n) is 11.9. The number of piperidine rings is 1. The number of rotatable bonds is 7. The predicted octanol–water partition coefficient (Wildman–Crippen LogP) is 4.04. The largest absolute Gasteiger partial charge is 0.416 e. The van der Waals surface area contributed by atoms with Crippen LogP contribution in [0.4, 0.5) is 36.8 Å². The van der Waals surface area contributed by atoms with Gasteiger partial charge in [-0.2, -0.15) is 13.2 Å². The Morgan fingerprint density at radius 3 is 2.44 bits per heavy atom. The number of methoxy groups -OCH3 is 1. The van der Waals surface area contributed by atoms with Crippen LogP contribution in [0.25, 0.3) is 0 Å². The lowest BCUT2D eigenvalue weighted by atomic mass is 9.91. The van der Waals surface area contributed by atoms with Gasteiger partial charge in [-0.05, 0) is 48.2 Å². The van der Waals surface area contributed by atoms with Crippen molar-refractivity contribution in [2.45, 2.75) is 55.1 Å². The summed E-state index contributed by atoms with van der Waals surface area (Å²) in [5.74, 6) is -6.62. The molecule has 3 aliphatic heterocycles. The average molecular weight is 641 g/mol. The summed E-state index contributed by atoms with van der Waals surface area (Å²) in [6.45, 7) is -2.47. The van der Waals surface area contributed by atoms with Gasteiger partial charge in [0, 0.05) is 38.0 Å². The quantitative estimate of drug-likeness (QED) is 0.363. The van der Waals surface area contributed by atoms with E-state index in [1.54, 1.807) is 13.2 Å². The maximum absolute atomic E-state index is 15.5. The predicted molar refractivity (Wildman–Crippen MR) is 146 cm³/mol. The number of alkyl halides is 5. The molecule has 1 unspecified atom stereocenters. The molecule has 3 fully saturated rings. The first-order valence-corrected chi connectivity index (χ1v) is 14.3. The summed E-state index contributed by atoms with van der Waals surface area (Å²) in [5.41, 5.74) is -4.94. The second kappa shape index (κ2) is 10.9. The molecular formula is C30H30F6N4O5. The van der Waals surface area contributed by atoms with Crippen LogP contribution in [0.5, 0.6) is 0 Å². The van der Waals surface area contributed by atoms with E-state index in [9.17, 15) is 31.9 Å². The Bertz CT molecular complexity index is 1520. The number of hydrogen-bond acceptors (Lipinski definition) is 6. The Kier molecular flexibility index (Phi) is 7.54. The van der Waals surface area contributed by atoms with Crippen molar-refractivity contribution < 1.29 is 50.2 Å². The maximum atomic E-state index is 15.5. The van der Waals surface area contributed by atoms with Crippen molar-refractivity contribution in [2.75, 3.05) is 44.9 Å². The molecule has 1 spiro atoms. The molecule has 242 valence electrons. The summed E-state index contributed by atoms with van der Waals surface area (Å²) in [7, 11) is 1.57. The van der Waals surface area contributed by atoms with Gasteiger partial charge in [-0.3, -0.25) is 14.5 Å². The number of halogens is 6. The Morgan fingerprint density at radius 1 is 1.11 bits per heavy atom.